The quantitative estimate of drug-likeness (QED) is 0.756. The van der Waals surface area contributed by atoms with Crippen LogP contribution in [0.25, 0.3) is 0 Å². The third kappa shape index (κ3) is 6.18. The van der Waals surface area contributed by atoms with Gasteiger partial charge in [-0.15, -0.1) is 0 Å². The van der Waals surface area contributed by atoms with Crippen LogP contribution < -0.4 is 20.3 Å². The van der Waals surface area contributed by atoms with Gasteiger partial charge in [0.15, 0.2) is 6.61 Å². The Morgan fingerprint density at radius 1 is 1.00 bits per heavy atom. The molecule has 0 aliphatic carbocycles. The summed E-state index contributed by atoms with van der Waals surface area (Å²) in [4.78, 5) is 23.5. The summed E-state index contributed by atoms with van der Waals surface area (Å²) < 4.78 is 10.6. The number of hydrazine groups is 1. The van der Waals surface area contributed by atoms with Gasteiger partial charge in [0.05, 0.1) is 7.11 Å². The fraction of sp³-hybridized carbons (Fsp3) is 0.263. The molecule has 2 aromatic rings. The molecular formula is C19H22N2O4. The number of hydrogen-bond donors (Lipinski definition) is 2. The number of ether oxygens (including phenoxy) is 2. The van der Waals surface area contributed by atoms with Crippen LogP contribution in [0, 0.1) is 6.92 Å². The van der Waals surface area contributed by atoms with E-state index < -0.39 is 5.91 Å². The summed E-state index contributed by atoms with van der Waals surface area (Å²) >= 11 is 0. The van der Waals surface area contributed by atoms with Gasteiger partial charge in [0.2, 0.25) is 5.91 Å². The van der Waals surface area contributed by atoms with E-state index in [2.05, 4.69) is 10.9 Å². The Balaban J connectivity index is 1.69. The highest BCUT2D eigenvalue weighted by Gasteiger charge is 2.08. The van der Waals surface area contributed by atoms with Gasteiger partial charge >= 0.3 is 0 Å². The summed E-state index contributed by atoms with van der Waals surface area (Å²) in [5.74, 6) is 0.644. The summed E-state index contributed by atoms with van der Waals surface area (Å²) in [6, 6.07) is 14.9. The molecule has 0 atom stereocenters. The lowest BCUT2D eigenvalue weighted by Crippen LogP contribution is -2.43. The van der Waals surface area contributed by atoms with E-state index in [0.717, 1.165) is 16.9 Å². The zero-order chi connectivity index (χ0) is 18.1. The molecule has 25 heavy (non-hydrogen) atoms. The van der Waals surface area contributed by atoms with Gasteiger partial charge < -0.3 is 9.47 Å². The lowest BCUT2D eigenvalue weighted by molar-refractivity contribution is -0.130. The van der Waals surface area contributed by atoms with Crippen molar-refractivity contribution in [3.05, 3.63) is 59.7 Å². The molecule has 2 aromatic carbocycles. The molecule has 0 unspecified atom stereocenters. The van der Waals surface area contributed by atoms with Crippen molar-refractivity contribution in [1.29, 1.82) is 0 Å². The number of aryl methyl sites for hydroxylation is 2. The van der Waals surface area contributed by atoms with Gasteiger partial charge in [-0.3, -0.25) is 20.4 Å². The van der Waals surface area contributed by atoms with E-state index in [9.17, 15) is 9.59 Å². The van der Waals surface area contributed by atoms with Crippen LogP contribution in [-0.2, 0) is 16.0 Å². The first-order valence-electron chi connectivity index (χ1n) is 7.97. The smallest absolute Gasteiger partial charge is 0.276 e. The molecule has 2 N–H and O–H groups in total. The van der Waals surface area contributed by atoms with E-state index in [4.69, 9.17) is 9.47 Å². The molecule has 0 radical (unpaired) electrons. The Morgan fingerprint density at radius 3 is 2.52 bits per heavy atom. The average Bonchev–Trinajstić information content (AvgIpc) is 2.63. The summed E-state index contributed by atoms with van der Waals surface area (Å²) in [5.41, 5.74) is 6.70. The van der Waals surface area contributed by atoms with Crippen molar-refractivity contribution in [3.63, 3.8) is 0 Å². The molecule has 0 saturated heterocycles. The first-order chi connectivity index (χ1) is 12.1. The molecule has 2 amide bonds. The third-order valence-corrected chi connectivity index (χ3v) is 3.51. The number of carbonyl (C=O) groups is 2. The molecule has 2 rings (SSSR count). The van der Waals surface area contributed by atoms with E-state index in [1.165, 1.54) is 0 Å². The number of carbonyl (C=O) groups excluding carboxylic acids is 2. The lowest BCUT2D eigenvalue weighted by atomic mass is 10.1. The standard InChI is InChI=1S/C19H22N2O4/c1-14-6-5-8-16(12-14)25-13-19(23)21-20-18(22)11-10-15-7-3-4-9-17(15)24-2/h3-9,12H,10-11,13H2,1-2H3,(H,20,22)(H,21,23). The van der Waals surface area contributed by atoms with E-state index in [0.29, 0.717) is 12.2 Å². The van der Waals surface area contributed by atoms with E-state index in [-0.39, 0.29) is 18.9 Å². The summed E-state index contributed by atoms with van der Waals surface area (Å²) in [6.07, 6.45) is 0.755. The van der Waals surface area contributed by atoms with E-state index in [1.54, 1.807) is 13.2 Å². The predicted octanol–water partition coefficient (Wildman–Crippen LogP) is 2.16. The zero-order valence-corrected chi connectivity index (χ0v) is 14.4. The Morgan fingerprint density at radius 2 is 1.76 bits per heavy atom. The number of amides is 2. The molecule has 6 nitrogen and oxygen atoms in total. The minimum Gasteiger partial charge on any atom is -0.496 e. The first kappa shape index (κ1) is 18.3. The van der Waals surface area contributed by atoms with Crippen LogP contribution in [0.3, 0.4) is 0 Å². The minimum absolute atomic E-state index is 0.170. The van der Waals surface area contributed by atoms with Gasteiger partial charge in [0, 0.05) is 6.42 Å². The Hall–Kier alpha value is -3.02. The summed E-state index contributed by atoms with van der Waals surface area (Å²) in [5, 5.41) is 0. The molecule has 0 saturated carbocycles. The van der Waals surface area contributed by atoms with Crippen LogP contribution in [-0.4, -0.2) is 25.5 Å². The second kappa shape index (κ2) is 9.32. The highest BCUT2D eigenvalue weighted by Crippen LogP contribution is 2.18. The number of benzene rings is 2. The molecule has 0 aliphatic rings. The lowest BCUT2D eigenvalue weighted by Gasteiger charge is -2.10. The van der Waals surface area contributed by atoms with Crippen molar-refractivity contribution in [3.8, 4) is 11.5 Å². The molecular weight excluding hydrogens is 320 g/mol. The van der Waals surface area contributed by atoms with Crippen molar-refractivity contribution in [2.75, 3.05) is 13.7 Å². The van der Waals surface area contributed by atoms with Crippen LogP contribution >= 0.6 is 0 Å². The normalized spacial score (nSPS) is 10.0. The van der Waals surface area contributed by atoms with Crippen LogP contribution in [0.2, 0.25) is 0 Å². The highest BCUT2D eigenvalue weighted by molar-refractivity contribution is 5.82. The van der Waals surface area contributed by atoms with Crippen molar-refractivity contribution >= 4 is 11.8 Å². The van der Waals surface area contributed by atoms with Crippen LogP contribution in [0.4, 0.5) is 0 Å². The van der Waals surface area contributed by atoms with E-state index in [1.807, 2.05) is 49.4 Å². The summed E-state index contributed by atoms with van der Waals surface area (Å²) in [7, 11) is 1.59. The first-order valence-corrected chi connectivity index (χ1v) is 7.97. The zero-order valence-electron chi connectivity index (χ0n) is 14.4. The topological polar surface area (TPSA) is 76.7 Å². The molecule has 132 valence electrons. The maximum atomic E-state index is 11.8. The van der Waals surface area contributed by atoms with Gasteiger partial charge in [-0.2, -0.15) is 0 Å². The number of hydrogen-bond acceptors (Lipinski definition) is 4. The van der Waals surface area contributed by atoms with Gasteiger partial charge in [-0.05, 0) is 42.7 Å². The second-order valence-corrected chi connectivity index (χ2v) is 5.51. The number of rotatable bonds is 7. The highest BCUT2D eigenvalue weighted by atomic mass is 16.5. The fourth-order valence-corrected chi connectivity index (χ4v) is 2.25. The maximum Gasteiger partial charge on any atom is 0.276 e. The minimum atomic E-state index is -0.424. The number of para-hydroxylation sites is 1. The van der Waals surface area contributed by atoms with Crippen LogP contribution in [0.15, 0.2) is 48.5 Å². The fourth-order valence-electron chi connectivity index (χ4n) is 2.25. The summed E-state index contributed by atoms with van der Waals surface area (Å²) in [6.45, 7) is 1.77. The van der Waals surface area contributed by atoms with Crippen molar-refractivity contribution in [2.24, 2.45) is 0 Å². The van der Waals surface area contributed by atoms with Crippen LogP contribution in [0.5, 0.6) is 11.5 Å². The van der Waals surface area contributed by atoms with Crippen LogP contribution in [0.1, 0.15) is 17.5 Å². The molecule has 0 fully saturated rings. The Kier molecular flexibility index (Phi) is 6.83. The molecule has 0 bridgehead atoms. The maximum absolute atomic E-state index is 11.8. The molecule has 6 heteroatoms. The Bertz CT molecular complexity index is 731. The average molecular weight is 342 g/mol. The van der Waals surface area contributed by atoms with Crippen molar-refractivity contribution < 1.29 is 19.1 Å². The SMILES string of the molecule is COc1ccccc1CCC(=O)NNC(=O)COc1cccc(C)c1. The molecule has 0 heterocycles. The monoisotopic (exact) mass is 342 g/mol. The van der Waals surface area contributed by atoms with Gasteiger partial charge in [-0.25, -0.2) is 0 Å². The van der Waals surface area contributed by atoms with E-state index >= 15 is 0 Å². The molecule has 0 aliphatic heterocycles. The number of nitrogens with one attached hydrogen (secondary N) is 2. The molecule has 0 aromatic heterocycles. The third-order valence-electron chi connectivity index (χ3n) is 3.51. The molecule has 0 spiro atoms. The Labute approximate surface area is 147 Å². The predicted molar refractivity (Wildman–Crippen MR) is 94.3 cm³/mol. The van der Waals surface area contributed by atoms with Gasteiger partial charge in [0.25, 0.3) is 5.91 Å². The number of methoxy groups -OCH3 is 1. The van der Waals surface area contributed by atoms with Gasteiger partial charge in [0.1, 0.15) is 11.5 Å². The van der Waals surface area contributed by atoms with Crippen molar-refractivity contribution in [1.82, 2.24) is 10.9 Å². The van der Waals surface area contributed by atoms with Gasteiger partial charge in [-0.1, -0.05) is 30.3 Å². The second-order valence-electron chi connectivity index (χ2n) is 5.51. The largest absolute Gasteiger partial charge is 0.496 e. The van der Waals surface area contributed by atoms with Crippen molar-refractivity contribution in [2.45, 2.75) is 19.8 Å².